The molecule has 1 aromatic heterocycles. The van der Waals surface area contributed by atoms with E-state index in [1.54, 1.807) is 0 Å². The van der Waals surface area contributed by atoms with Crippen molar-refractivity contribution in [3.63, 3.8) is 0 Å². The monoisotopic (exact) mass is 307 g/mol. The SMILES string of the molecule is O=C(Cn1ccc([N+](=O)[O-])n1)N1N=CC[C@@]1(O)C(F)(F)F. The normalized spacial score (nSPS) is 21.8. The highest BCUT2D eigenvalue weighted by Crippen LogP contribution is 2.38. The smallest absolute Gasteiger partial charge is 0.362 e. The Balaban J connectivity index is 2.16. The molecule has 1 atom stereocenters. The first-order chi connectivity index (χ1) is 9.65. The lowest BCUT2D eigenvalue weighted by Gasteiger charge is -2.32. The Morgan fingerprint density at radius 2 is 2.24 bits per heavy atom. The molecule has 0 spiro atoms. The second-order valence-corrected chi connectivity index (χ2v) is 4.15. The van der Waals surface area contributed by atoms with Gasteiger partial charge in [0.1, 0.15) is 6.54 Å². The van der Waals surface area contributed by atoms with Crippen LogP contribution in [0.4, 0.5) is 19.0 Å². The van der Waals surface area contributed by atoms with Crippen molar-refractivity contribution >= 4 is 17.9 Å². The molecule has 1 amide bonds. The van der Waals surface area contributed by atoms with Crippen molar-refractivity contribution in [3.8, 4) is 0 Å². The van der Waals surface area contributed by atoms with Crippen LogP contribution in [0, 0.1) is 10.1 Å². The summed E-state index contributed by atoms with van der Waals surface area (Å²) in [5.74, 6) is -1.76. The van der Waals surface area contributed by atoms with Crippen molar-refractivity contribution in [2.45, 2.75) is 24.9 Å². The Hall–Kier alpha value is -2.50. The van der Waals surface area contributed by atoms with E-state index in [1.807, 2.05) is 0 Å². The third-order valence-corrected chi connectivity index (χ3v) is 2.72. The Bertz CT molecular complexity index is 613. The minimum absolute atomic E-state index is 0.0967. The Labute approximate surface area is 114 Å². The summed E-state index contributed by atoms with van der Waals surface area (Å²) in [4.78, 5) is 21.4. The van der Waals surface area contributed by atoms with Crippen LogP contribution in [-0.2, 0) is 11.3 Å². The molecule has 0 saturated heterocycles. The van der Waals surface area contributed by atoms with Crippen LogP contribution < -0.4 is 0 Å². The second kappa shape index (κ2) is 4.80. The summed E-state index contributed by atoms with van der Waals surface area (Å²) in [6, 6.07) is 0.983. The molecule has 12 heteroatoms. The first-order valence-electron chi connectivity index (χ1n) is 5.47. The average molecular weight is 307 g/mol. The molecule has 0 aliphatic carbocycles. The number of rotatable bonds is 3. The van der Waals surface area contributed by atoms with Crippen LogP contribution in [0.5, 0.6) is 0 Å². The van der Waals surface area contributed by atoms with Crippen LogP contribution in [0.25, 0.3) is 0 Å². The molecule has 114 valence electrons. The largest absolute Gasteiger partial charge is 0.438 e. The summed E-state index contributed by atoms with van der Waals surface area (Å²) in [6.07, 6.45) is -4.16. The molecule has 1 aliphatic heterocycles. The minimum atomic E-state index is -5.09. The number of hydrogen-bond donors (Lipinski definition) is 1. The quantitative estimate of drug-likeness (QED) is 0.635. The molecule has 2 heterocycles. The van der Waals surface area contributed by atoms with Gasteiger partial charge in [0, 0.05) is 12.6 Å². The molecule has 0 unspecified atom stereocenters. The van der Waals surface area contributed by atoms with Gasteiger partial charge in [-0.2, -0.15) is 28.0 Å². The number of nitro groups is 1. The maximum absolute atomic E-state index is 12.8. The highest BCUT2D eigenvalue weighted by molar-refractivity contribution is 5.80. The van der Waals surface area contributed by atoms with Gasteiger partial charge in [-0.1, -0.05) is 0 Å². The molecule has 0 aromatic carbocycles. The molecular weight excluding hydrogens is 299 g/mol. The number of alkyl halides is 3. The summed E-state index contributed by atoms with van der Waals surface area (Å²) >= 11 is 0. The van der Waals surface area contributed by atoms with Gasteiger partial charge in [0.2, 0.25) is 0 Å². The molecule has 0 saturated carbocycles. The molecule has 1 aliphatic rings. The molecule has 1 N–H and O–H groups in total. The van der Waals surface area contributed by atoms with E-state index in [4.69, 9.17) is 0 Å². The highest BCUT2D eigenvalue weighted by Gasteiger charge is 2.61. The van der Waals surface area contributed by atoms with Crippen molar-refractivity contribution in [3.05, 3.63) is 22.4 Å². The molecule has 0 radical (unpaired) electrons. The number of amides is 1. The van der Waals surface area contributed by atoms with Gasteiger partial charge in [-0.05, 0) is 4.92 Å². The fourth-order valence-electron chi connectivity index (χ4n) is 1.68. The van der Waals surface area contributed by atoms with Gasteiger partial charge in [0.05, 0.1) is 17.4 Å². The molecule has 2 rings (SSSR count). The zero-order valence-corrected chi connectivity index (χ0v) is 10.2. The number of aliphatic hydroxyl groups is 1. The Morgan fingerprint density at radius 3 is 2.76 bits per heavy atom. The first-order valence-corrected chi connectivity index (χ1v) is 5.47. The molecule has 21 heavy (non-hydrogen) atoms. The van der Waals surface area contributed by atoms with E-state index in [0.29, 0.717) is 0 Å². The number of halogens is 3. The zero-order chi connectivity index (χ0) is 15.8. The molecule has 9 nitrogen and oxygen atoms in total. The lowest BCUT2D eigenvalue weighted by Crippen LogP contribution is -2.57. The summed E-state index contributed by atoms with van der Waals surface area (Å²) < 4.78 is 39.1. The third-order valence-electron chi connectivity index (χ3n) is 2.72. The standard InChI is InChI=1S/C9H8F3N5O4/c10-9(11,12)8(19)2-3-13-16(8)7(18)5-15-4-1-6(14-15)17(20)21/h1,3-4,19H,2,5H2/t8-/m1/s1. The predicted molar refractivity (Wildman–Crippen MR) is 59.8 cm³/mol. The van der Waals surface area contributed by atoms with E-state index in [0.717, 1.165) is 23.2 Å². The van der Waals surface area contributed by atoms with Crippen LogP contribution in [0.2, 0.25) is 0 Å². The van der Waals surface area contributed by atoms with E-state index >= 15 is 0 Å². The van der Waals surface area contributed by atoms with E-state index in [9.17, 15) is 33.2 Å². The summed E-state index contributed by atoms with van der Waals surface area (Å²) in [5.41, 5.74) is -3.41. The van der Waals surface area contributed by atoms with Gasteiger partial charge >= 0.3 is 12.0 Å². The summed E-state index contributed by atoms with van der Waals surface area (Å²) in [6.45, 7) is -0.733. The second-order valence-electron chi connectivity index (χ2n) is 4.15. The topological polar surface area (TPSA) is 114 Å². The van der Waals surface area contributed by atoms with Crippen molar-refractivity contribution in [1.82, 2.24) is 14.8 Å². The summed E-state index contributed by atoms with van der Waals surface area (Å²) in [5, 5.41) is 26.5. The van der Waals surface area contributed by atoms with E-state index in [-0.39, 0.29) is 5.01 Å². The molecule has 1 aromatic rings. The number of carbonyl (C=O) groups excluding carboxylic acids is 1. The number of hydrazone groups is 1. The number of hydrogen-bond acceptors (Lipinski definition) is 6. The van der Waals surface area contributed by atoms with Crippen molar-refractivity contribution < 1.29 is 28.0 Å². The fraction of sp³-hybridized carbons (Fsp3) is 0.444. The lowest BCUT2D eigenvalue weighted by molar-refractivity contribution is -0.389. The van der Waals surface area contributed by atoms with Gasteiger partial charge in [-0.15, -0.1) is 0 Å². The maximum Gasteiger partial charge on any atom is 0.438 e. The van der Waals surface area contributed by atoms with Crippen LogP contribution in [0.1, 0.15) is 6.42 Å². The molecule has 0 fully saturated rings. The zero-order valence-electron chi connectivity index (χ0n) is 10.2. The van der Waals surface area contributed by atoms with Crippen LogP contribution in [0.15, 0.2) is 17.4 Å². The predicted octanol–water partition coefficient (Wildman–Crippen LogP) is 0.260. The van der Waals surface area contributed by atoms with Crippen molar-refractivity contribution in [1.29, 1.82) is 0 Å². The van der Waals surface area contributed by atoms with Crippen molar-refractivity contribution in [2.75, 3.05) is 0 Å². The number of carbonyl (C=O) groups is 1. The van der Waals surface area contributed by atoms with E-state index in [1.165, 1.54) is 0 Å². The fourth-order valence-corrected chi connectivity index (χ4v) is 1.68. The van der Waals surface area contributed by atoms with Crippen LogP contribution in [0.3, 0.4) is 0 Å². The molecular formula is C9H8F3N5O4. The summed E-state index contributed by atoms with van der Waals surface area (Å²) in [7, 11) is 0. The van der Waals surface area contributed by atoms with Gasteiger partial charge in [-0.25, -0.2) is 0 Å². The van der Waals surface area contributed by atoms with Gasteiger partial charge in [0.15, 0.2) is 0 Å². The lowest BCUT2D eigenvalue weighted by atomic mass is 10.1. The van der Waals surface area contributed by atoms with Gasteiger partial charge in [0.25, 0.3) is 11.6 Å². The number of nitrogens with zero attached hydrogens (tertiary/aromatic N) is 5. The van der Waals surface area contributed by atoms with E-state index in [2.05, 4.69) is 10.2 Å². The maximum atomic E-state index is 12.8. The average Bonchev–Trinajstić information content (AvgIpc) is 2.95. The van der Waals surface area contributed by atoms with E-state index < -0.39 is 41.5 Å². The molecule has 0 bridgehead atoms. The highest BCUT2D eigenvalue weighted by atomic mass is 19.4. The Kier molecular flexibility index (Phi) is 3.41. The first kappa shape index (κ1) is 14.9. The van der Waals surface area contributed by atoms with Gasteiger partial charge in [-0.3, -0.25) is 4.79 Å². The third kappa shape index (κ3) is 2.56. The van der Waals surface area contributed by atoms with Crippen molar-refractivity contribution in [2.24, 2.45) is 5.10 Å². The number of aromatic nitrogens is 2. The van der Waals surface area contributed by atoms with Crippen LogP contribution in [-0.4, -0.2) is 48.8 Å². The Morgan fingerprint density at radius 1 is 1.57 bits per heavy atom. The minimum Gasteiger partial charge on any atom is -0.362 e. The van der Waals surface area contributed by atoms with Gasteiger partial charge < -0.3 is 15.2 Å². The van der Waals surface area contributed by atoms with Crippen LogP contribution >= 0.6 is 0 Å².